The molecular formula is C13H17ClN4O2S. The quantitative estimate of drug-likeness (QED) is 0.788. The highest BCUT2D eigenvalue weighted by molar-refractivity contribution is 8.13. The molecule has 0 aliphatic carbocycles. The predicted octanol–water partition coefficient (Wildman–Crippen LogP) is 2.35. The summed E-state index contributed by atoms with van der Waals surface area (Å²) in [5.41, 5.74) is 1.79. The molecule has 0 atom stereocenters. The maximum Gasteiger partial charge on any atom is 0.296 e. The summed E-state index contributed by atoms with van der Waals surface area (Å²) in [5.74, 6) is 0.500. The van der Waals surface area contributed by atoms with Crippen molar-refractivity contribution in [2.24, 2.45) is 0 Å². The van der Waals surface area contributed by atoms with E-state index in [0.29, 0.717) is 12.4 Å². The van der Waals surface area contributed by atoms with Crippen LogP contribution in [0.1, 0.15) is 13.3 Å². The van der Waals surface area contributed by atoms with Gasteiger partial charge in [-0.15, -0.1) is 10.2 Å². The van der Waals surface area contributed by atoms with Crippen LogP contribution in [0.5, 0.6) is 0 Å². The predicted molar refractivity (Wildman–Crippen MR) is 83.1 cm³/mol. The molecule has 2 aromatic rings. The second-order valence-corrected chi connectivity index (χ2v) is 7.30. The first-order valence-electron chi connectivity index (χ1n) is 6.50. The fourth-order valence-electron chi connectivity index (χ4n) is 2.03. The van der Waals surface area contributed by atoms with Gasteiger partial charge in [0.05, 0.1) is 0 Å². The Balaban J connectivity index is 2.59. The van der Waals surface area contributed by atoms with Crippen molar-refractivity contribution in [1.82, 2.24) is 14.8 Å². The molecule has 0 radical (unpaired) electrons. The molecule has 0 spiro atoms. The monoisotopic (exact) mass is 328 g/mol. The Kier molecular flexibility index (Phi) is 4.53. The largest absolute Gasteiger partial charge is 0.378 e. The van der Waals surface area contributed by atoms with E-state index in [1.165, 1.54) is 4.57 Å². The van der Waals surface area contributed by atoms with Crippen LogP contribution in [0.3, 0.4) is 0 Å². The lowest BCUT2D eigenvalue weighted by Gasteiger charge is -2.14. The van der Waals surface area contributed by atoms with Crippen LogP contribution in [0.25, 0.3) is 11.4 Å². The number of nitrogens with zero attached hydrogens (tertiary/aromatic N) is 4. The lowest BCUT2D eigenvalue weighted by Crippen LogP contribution is -2.09. The van der Waals surface area contributed by atoms with Crippen molar-refractivity contribution >= 4 is 25.4 Å². The maximum absolute atomic E-state index is 11.6. The summed E-state index contributed by atoms with van der Waals surface area (Å²) in [5, 5.41) is 7.53. The highest BCUT2D eigenvalue weighted by Gasteiger charge is 2.23. The Morgan fingerprint density at radius 2 is 2.00 bits per heavy atom. The molecule has 6 nitrogen and oxygen atoms in total. The average Bonchev–Trinajstić information content (AvgIpc) is 2.83. The number of halogens is 1. The third kappa shape index (κ3) is 3.36. The van der Waals surface area contributed by atoms with Gasteiger partial charge in [0.2, 0.25) is 0 Å². The maximum atomic E-state index is 11.6. The van der Waals surface area contributed by atoms with Gasteiger partial charge in [-0.25, -0.2) is 8.42 Å². The van der Waals surface area contributed by atoms with Crippen molar-refractivity contribution in [3.8, 4) is 11.4 Å². The molecule has 0 unspecified atom stereocenters. The summed E-state index contributed by atoms with van der Waals surface area (Å²) >= 11 is 0. The van der Waals surface area contributed by atoms with E-state index in [0.717, 1.165) is 17.7 Å². The van der Waals surface area contributed by atoms with Crippen molar-refractivity contribution < 1.29 is 8.42 Å². The molecule has 0 bridgehead atoms. The van der Waals surface area contributed by atoms with Crippen LogP contribution in [-0.4, -0.2) is 37.3 Å². The zero-order chi connectivity index (χ0) is 15.6. The highest BCUT2D eigenvalue weighted by atomic mass is 35.7. The van der Waals surface area contributed by atoms with Gasteiger partial charge in [0.15, 0.2) is 5.82 Å². The van der Waals surface area contributed by atoms with Crippen molar-refractivity contribution in [1.29, 1.82) is 0 Å². The van der Waals surface area contributed by atoms with Crippen LogP contribution in [0.4, 0.5) is 5.69 Å². The van der Waals surface area contributed by atoms with E-state index in [9.17, 15) is 8.42 Å². The molecule has 114 valence electrons. The Bertz CT molecular complexity index is 740. The van der Waals surface area contributed by atoms with E-state index >= 15 is 0 Å². The summed E-state index contributed by atoms with van der Waals surface area (Å²) < 4.78 is 24.7. The van der Waals surface area contributed by atoms with Crippen molar-refractivity contribution in [2.75, 3.05) is 19.0 Å². The summed E-state index contributed by atoms with van der Waals surface area (Å²) in [6.45, 7) is 2.43. The summed E-state index contributed by atoms with van der Waals surface area (Å²) in [6.07, 6.45) is 0.748. The zero-order valence-electron chi connectivity index (χ0n) is 12.1. The Hall–Kier alpha value is -1.60. The van der Waals surface area contributed by atoms with Gasteiger partial charge in [-0.05, 0) is 18.6 Å². The number of anilines is 1. The number of benzene rings is 1. The second-order valence-electron chi connectivity index (χ2n) is 4.84. The fraction of sp³-hybridized carbons (Fsp3) is 0.385. The summed E-state index contributed by atoms with van der Waals surface area (Å²) in [7, 11) is 5.37. The first-order valence-corrected chi connectivity index (χ1v) is 8.81. The molecule has 0 saturated heterocycles. The molecule has 1 aromatic heterocycles. The molecule has 0 aliphatic rings. The van der Waals surface area contributed by atoms with Crippen LogP contribution in [0, 0.1) is 0 Å². The minimum absolute atomic E-state index is 0.212. The van der Waals surface area contributed by atoms with Gasteiger partial charge in [0, 0.05) is 42.6 Å². The van der Waals surface area contributed by atoms with E-state index in [2.05, 4.69) is 10.2 Å². The summed E-state index contributed by atoms with van der Waals surface area (Å²) in [6, 6.07) is 7.66. The standard InChI is InChI=1S/C13H17ClN4O2S/c1-4-8-18-12(15-16-13(18)21(14,19)20)10-6-5-7-11(9-10)17(2)3/h5-7,9H,4,8H2,1-3H3. The first-order chi connectivity index (χ1) is 9.84. The fourth-order valence-corrected chi connectivity index (χ4v) is 2.95. The second kappa shape index (κ2) is 6.03. The number of rotatable bonds is 5. The minimum Gasteiger partial charge on any atom is -0.378 e. The third-order valence-corrected chi connectivity index (χ3v) is 4.16. The molecule has 0 aliphatic heterocycles. The molecule has 0 fully saturated rings. The van der Waals surface area contributed by atoms with Gasteiger partial charge < -0.3 is 4.90 Å². The topological polar surface area (TPSA) is 68.1 Å². The molecule has 0 N–H and O–H groups in total. The lowest BCUT2D eigenvalue weighted by atomic mass is 10.2. The molecule has 2 rings (SSSR count). The van der Waals surface area contributed by atoms with Gasteiger partial charge >= 0.3 is 0 Å². The van der Waals surface area contributed by atoms with Gasteiger partial charge in [-0.2, -0.15) is 0 Å². The number of hydrogen-bond donors (Lipinski definition) is 0. The van der Waals surface area contributed by atoms with E-state index in [4.69, 9.17) is 10.7 Å². The van der Waals surface area contributed by atoms with E-state index < -0.39 is 9.05 Å². The van der Waals surface area contributed by atoms with Crippen molar-refractivity contribution in [3.63, 3.8) is 0 Å². The minimum atomic E-state index is -3.92. The van der Waals surface area contributed by atoms with Gasteiger partial charge in [-0.1, -0.05) is 19.1 Å². The SMILES string of the molecule is CCCn1c(-c2cccc(N(C)C)c2)nnc1S(=O)(=O)Cl. The Labute approximate surface area is 128 Å². The van der Waals surface area contributed by atoms with Crippen LogP contribution in [-0.2, 0) is 15.6 Å². The van der Waals surface area contributed by atoms with Gasteiger partial charge in [0.1, 0.15) is 0 Å². The highest BCUT2D eigenvalue weighted by Crippen LogP contribution is 2.25. The molecule has 0 amide bonds. The Morgan fingerprint density at radius 3 is 2.57 bits per heavy atom. The van der Waals surface area contributed by atoms with Gasteiger partial charge in [0.25, 0.3) is 14.2 Å². The first kappa shape index (κ1) is 15.8. The Morgan fingerprint density at radius 1 is 1.29 bits per heavy atom. The van der Waals surface area contributed by atoms with Crippen molar-refractivity contribution in [3.05, 3.63) is 24.3 Å². The molecule has 8 heteroatoms. The van der Waals surface area contributed by atoms with Crippen molar-refractivity contribution in [2.45, 2.75) is 25.0 Å². The van der Waals surface area contributed by atoms with Crippen LogP contribution in [0.2, 0.25) is 0 Å². The molecule has 21 heavy (non-hydrogen) atoms. The summed E-state index contributed by atoms with van der Waals surface area (Å²) in [4.78, 5) is 1.96. The smallest absolute Gasteiger partial charge is 0.296 e. The lowest BCUT2D eigenvalue weighted by molar-refractivity contribution is 0.570. The van der Waals surface area contributed by atoms with E-state index in [1.807, 2.05) is 50.2 Å². The zero-order valence-corrected chi connectivity index (χ0v) is 13.7. The molecule has 0 saturated carbocycles. The third-order valence-electron chi connectivity index (χ3n) is 3.00. The average molecular weight is 329 g/mol. The molecule has 1 heterocycles. The molecule has 1 aromatic carbocycles. The van der Waals surface area contributed by atoms with Crippen LogP contribution in [0.15, 0.2) is 29.4 Å². The normalized spacial score (nSPS) is 11.6. The number of hydrogen-bond acceptors (Lipinski definition) is 5. The van der Waals surface area contributed by atoms with E-state index in [-0.39, 0.29) is 5.16 Å². The van der Waals surface area contributed by atoms with E-state index in [1.54, 1.807) is 0 Å². The van der Waals surface area contributed by atoms with Gasteiger partial charge in [-0.3, -0.25) is 4.57 Å². The van der Waals surface area contributed by atoms with Crippen LogP contribution < -0.4 is 4.90 Å². The molecular weight excluding hydrogens is 312 g/mol. The van der Waals surface area contributed by atoms with Crippen LogP contribution >= 0.6 is 10.7 Å². The number of aromatic nitrogens is 3.